The third-order valence-electron chi connectivity index (χ3n) is 3.39. The van der Waals surface area contributed by atoms with Gasteiger partial charge in [0, 0.05) is 11.6 Å². The normalized spacial score (nSPS) is 12.4. The lowest BCUT2D eigenvalue weighted by Gasteiger charge is -2.17. The summed E-state index contributed by atoms with van der Waals surface area (Å²) in [4.78, 5) is 0. The van der Waals surface area contributed by atoms with Crippen molar-refractivity contribution in [3.63, 3.8) is 0 Å². The highest BCUT2D eigenvalue weighted by molar-refractivity contribution is 5.23. The first kappa shape index (κ1) is 15.5. The van der Waals surface area contributed by atoms with E-state index in [4.69, 9.17) is 0 Å². The maximum absolute atomic E-state index is 13.6. The Labute approximate surface area is 120 Å². The largest absolute Gasteiger partial charge is 0.316 e. The molecule has 21 heavy (non-hydrogen) atoms. The first-order valence-corrected chi connectivity index (χ1v) is 6.55. The Bertz CT molecular complexity index is 607. The Morgan fingerprint density at radius 2 is 1.57 bits per heavy atom. The van der Waals surface area contributed by atoms with Gasteiger partial charge in [0.2, 0.25) is 0 Å². The summed E-state index contributed by atoms with van der Waals surface area (Å²) < 4.78 is 54.0. The highest BCUT2D eigenvalue weighted by Gasteiger charge is 2.17. The molecule has 0 aliphatic rings. The molecule has 0 amide bonds. The van der Waals surface area contributed by atoms with Crippen LogP contribution in [0.4, 0.5) is 17.6 Å². The van der Waals surface area contributed by atoms with Gasteiger partial charge in [-0.05, 0) is 55.8 Å². The predicted octanol–water partition coefficient (Wildman–Crippen LogP) is 3.62. The molecular formula is C16H15F4N. The Hall–Kier alpha value is -1.88. The first-order valence-electron chi connectivity index (χ1n) is 6.55. The quantitative estimate of drug-likeness (QED) is 0.831. The molecule has 1 nitrogen and oxygen atoms in total. The molecule has 0 fully saturated rings. The van der Waals surface area contributed by atoms with Crippen LogP contribution in [0.3, 0.4) is 0 Å². The minimum atomic E-state index is -0.644. The smallest absolute Gasteiger partial charge is 0.129 e. The Balaban J connectivity index is 2.19. The highest BCUT2D eigenvalue weighted by atomic mass is 19.1. The molecule has 0 saturated carbocycles. The molecule has 0 aliphatic carbocycles. The molecule has 0 heterocycles. The topological polar surface area (TPSA) is 12.0 Å². The SMILES string of the molecule is CNC(Cc1cc(F)ccc1F)Cc1c(F)cccc1F. The molecule has 2 aromatic rings. The van der Waals surface area contributed by atoms with Crippen molar-refractivity contribution in [1.82, 2.24) is 5.32 Å². The minimum absolute atomic E-state index is 0.0466. The van der Waals surface area contributed by atoms with Crippen molar-refractivity contribution in [3.8, 4) is 0 Å². The molecular weight excluding hydrogens is 282 g/mol. The fourth-order valence-corrected chi connectivity index (χ4v) is 2.22. The van der Waals surface area contributed by atoms with Crippen LogP contribution in [0.25, 0.3) is 0 Å². The fraction of sp³-hybridized carbons (Fsp3) is 0.250. The number of hydrogen-bond acceptors (Lipinski definition) is 1. The number of likely N-dealkylation sites (N-methyl/N-ethyl adjacent to an activating group) is 1. The third-order valence-corrected chi connectivity index (χ3v) is 3.39. The van der Waals surface area contributed by atoms with Gasteiger partial charge in [-0.15, -0.1) is 0 Å². The summed E-state index contributed by atoms with van der Waals surface area (Å²) in [6.45, 7) is 0. The van der Waals surface area contributed by atoms with Crippen molar-refractivity contribution < 1.29 is 17.6 Å². The molecule has 0 saturated heterocycles. The van der Waals surface area contributed by atoms with Crippen LogP contribution in [0.15, 0.2) is 36.4 Å². The highest BCUT2D eigenvalue weighted by Crippen LogP contribution is 2.18. The van der Waals surface area contributed by atoms with Gasteiger partial charge in [-0.1, -0.05) is 6.07 Å². The summed E-state index contributed by atoms with van der Waals surface area (Å²) in [7, 11) is 1.61. The van der Waals surface area contributed by atoms with Gasteiger partial charge in [0.05, 0.1) is 0 Å². The summed E-state index contributed by atoms with van der Waals surface area (Å²) in [5, 5.41) is 2.88. The van der Waals surface area contributed by atoms with E-state index in [1.807, 2.05) is 0 Å². The average molecular weight is 297 g/mol. The summed E-state index contributed by atoms with van der Waals surface area (Å²) in [6.07, 6.45) is 0.179. The lowest BCUT2D eigenvalue weighted by atomic mass is 9.98. The van der Waals surface area contributed by atoms with Crippen molar-refractivity contribution in [1.29, 1.82) is 0 Å². The van der Waals surface area contributed by atoms with Gasteiger partial charge >= 0.3 is 0 Å². The maximum Gasteiger partial charge on any atom is 0.129 e. The number of benzene rings is 2. The zero-order chi connectivity index (χ0) is 15.4. The third kappa shape index (κ3) is 3.82. The molecule has 1 atom stereocenters. The van der Waals surface area contributed by atoms with Crippen LogP contribution in [-0.2, 0) is 12.8 Å². The van der Waals surface area contributed by atoms with Gasteiger partial charge < -0.3 is 5.32 Å². The molecule has 1 unspecified atom stereocenters. The van der Waals surface area contributed by atoms with E-state index < -0.39 is 29.3 Å². The maximum atomic E-state index is 13.6. The van der Waals surface area contributed by atoms with E-state index in [9.17, 15) is 17.6 Å². The predicted molar refractivity (Wildman–Crippen MR) is 73.0 cm³/mol. The van der Waals surface area contributed by atoms with E-state index >= 15 is 0 Å². The van der Waals surface area contributed by atoms with E-state index in [0.717, 1.165) is 18.2 Å². The van der Waals surface area contributed by atoms with Crippen molar-refractivity contribution >= 4 is 0 Å². The van der Waals surface area contributed by atoms with Crippen LogP contribution >= 0.6 is 0 Å². The number of rotatable bonds is 5. The molecule has 0 spiro atoms. The van der Waals surface area contributed by atoms with E-state index in [1.54, 1.807) is 7.05 Å². The van der Waals surface area contributed by atoms with Crippen molar-refractivity contribution in [2.45, 2.75) is 18.9 Å². The second kappa shape index (κ2) is 6.72. The number of halogens is 4. The van der Waals surface area contributed by atoms with E-state index in [1.165, 1.54) is 18.2 Å². The van der Waals surface area contributed by atoms with Crippen LogP contribution < -0.4 is 5.32 Å². The Kier molecular flexibility index (Phi) is 4.96. The van der Waals surface area contributed by atoms with Crippen molar-refractivity contribution in [2.24, 2.45) is 0 Å². The molecule has 0 aliphatic heterocycles. The van der Waals surface area contributed by atoms with E-state index in [-0.39, 0.29) is 24.0 Å². The summed E-state index contributed by atoms with van der Waals surface area (Å²) in [5.41, 5.74) is 0.111. The van der Waals surface area contributed by atoms with Crippen molar-refractivity contribution in [3.05, 3.63) is 70.8 Å². The van der Waals surface area contributed by atoms with Gasteiger partial charge in [0.15, 0.2) is 0 Å². The van der Waals surface area contributed by atoms with Gasteiger partial charge in [0.25, 0.3) is 0 Å². The van der Waals surface area contributed by atoms with Gasteiger partial charge in [-0.2, -0.15) is 0 Å². The molecule has 112 valence electrons. The van der Waals surface area contributed by atoms with Crippen LogP contribution in [0.5, 0.6) is 0 Å². The molecule has 2 rings (SSSR count). The monoisotopic (exact) mass is 297 g/mol. The number of hydrogen-bond donors (Lipinski definition) is 1. The Morgan fingerprint density at radius 1 is 0.905 bits per heavy atom. The molecule has 5 heteroatoms. The fourth-order valence-electron chi connectivity index (χ4n) is 2.22. The molecule has 0 radical (unpaired) electrons. The first-order chi connectivity index (χ1) is 10.0. The second-order valence-corrected chi connectivity index (χ2v) is 4.83. The van der Waals surface area contributed by atoms with Crippen LogP contribution in [-0.4, -0.2) is 13.1 Å². The minimum Gasteiger partial charge on any atom is -0.316 e. The van der Waals surface area contributed by atoms with Crippen LogP contribution in [0.1, 0.15) is 11.1 Å². The zero-order valence-electron chi connectivity index (χ0n) is 11.5. The standard InChI is InChI=1S/C16H15F4N/c1-21-12(8-10-7-11(17)5-6-14(10)18)9-13-15(19)3-2-4-16(13)20/h2-7,12,21H,8-9H2,1H3. The molecule has 0 aromatic heterocycles. The van der Waals surface area contributed by atoms with Crippen LogP contribution in [0.2, 0.25) is 0 Å². The lowest BCUT2D eigenvalue weighted by Crippen LogP contribution is -2.31. The van der Waals surface area contributed by atoms with Crippen molar-refractivity contribution in [2.75, 3.05) is 7.05 Å². The van der Waals surface area contributed by atoms with Crippen LogP contribution in [0, 0.1) is 23.3 Å². The molecule has 0 bridgehead atoms. The molecule has 2 aromatic carbocycles. The average Bonchev–Trinajstić information content (AvgIpc) is 2.45. The van der Waals surface area contributed by atoms with Gasteiger partial charge in [-0.3, -0.25) is 0 Å². The Morgan fingerprint density at radius 3 is 2.19 bits per heavy atom. The second-order valence-electron chi connectivity index (χ2n) is 4.83. The zero-order valence-corrected chi connectivity index (χ0v) is 11.5. The summed E-state index contributed by atoms with van der Waals surface area (Å²) in [6, 6.07) is 6.39. The number of nitrogens with one attached hydrogen (secondary N) is 1. The molecule has 1 N–H and O–H groups in total. The van der Waals surface area contributed by atoms with Gasteiger partial charge in [0.1, 0.15) is 23.3 Å². The van der Waals surface area contributed by atoms with E-state index in [0.29, 0.717) is 0 Å². The van der Waals surface area contributed by atoms with E-state index in [2.05, 4.69) is 5.32 Å². The summed E-state index contributed by atoms with van der Waals surface area (Å²) >= 11 is 0. The summed E-state index contributed by atoms with van der Waals surface area (Å²) in [5.74, 6) is -2.37. The lowest BCUT2D eigenvalue weighted by molar-refractivity contribution is 0.491. The van der Waals surface area contributed by atoms with Gasteiger partial charge in [-0.25, -0.2) is 17.6 Å².